The summed E-state index contributed by atoms with van der Waals surface area (Å²) in [5.41, 5.74) is 6.20. The Morgan fingerprint density at radius 3 is 2.29 bits per heavy atom. The van der Waals surface area contributed by atoms with E-state index in [1.807, 2.05) is 0 Å². The van der Waals surface area contributed by atoms with Gasteiger partial charge in [-0.15, -0.1) is 0 Å². The van der Waals surface area contributed by atoms with Gasteiger partial charge in [0, 0.05) is 5.56 Å². The molecule has 0 spiro atoms. The van der Waals surface area contributed by atoms with E-state index in [-0.39, 0.29) is 0 Å². The summed E-state index contributed by atoms with van der Waals surface area (Å²) in [5.74, 6) is -2.31. The van der Waals surface area contributed by atoms with Crippen LogP contribution in [0.4, 0.5) is 13.2 Å². The van der Waals surface area contributed by atoms with Crippen LogP contribution < -0.4 is 0 Å². The molecule has 0 bridgehead atoms. The minimum Gasteiger partial charge on any atom is -0.206 e. The Morgan fingerprint density at radius 2 is 1.50 bits per heavy atom. The van der Waals surface area contributed by atoms with Gasteiger partial charge in [-0.2, -0.15) is 0 Å². The third-order valence-corrected chi connectivity index (χ3v) is 5.58. The SMILES string of the molecule is CCCCCCc1ccc2c(c1)Cc1cc(-c3ccc(F)c(F)c3)c(F)cc1-2. The largest absolute Gasteiger partial charge is 0.206 e. The van der Waals surface area contributed by atoms with E-state index in [1.165, 1.54) is 48.9 Å². The van der Waals surface area contributed by atoms with E-state index >= 15 is 0 Å². The molecule has 3 heteroatoms. The lowest BCUT2D eigenvalue weighted by Crippen LogP contribution is -1.91. The second-order valence-corrected chi connectivity index (χ2v) is 7.60. The maximum absolute atomic E-state index is 14.8. The highest BCUT2D eigenvalue weighted by Gasteiger charge is 2.22. The zero-order valence-electron chi connectivity index (χ0n) is 16.0. The second kappa shape index (κ2) is 7.83. The molecule has 1 aliphatic rings. The van der Waals surface area contributed by atoms with Crippen LogP contribution in [0.25, 0.3) is 22.3 Å². The van der Waals surface area contributed by atoms with Crippen molar-refractivity contribution < 1.29 is 13.2 Å². The van der Waals surface area contributed by atoms with Gasteiger partial charge in [-0.3, -0.25) is 0 Å². The zero-order chi connectivity index (χ0) is 19.7. The molecule has 1 aliphatic carbocycles. The minimum absolute atomic E-state index is 0.310. The number of fused-ring (bicyclic) bond motifs is 3. The zero-order valence-corrected chi connectivity index (χ0v) is 16.0. The molecule has 0 heterocycles. The van der Waals surface area contributed by atoms with Crippen molar-refractivity contribution in [2.75, 3.05) is 0 Å². The lowest BCUT2D eigenvalue weighted by molar-refractivity contribution is 0.509. The molecule has 0 unspecified atom stereocenters. The monoisotopic (exact) mass is 380 g/mol. The summed E-state index contributed by atoms with van der Waals surface area (Å²) in [4.78, 5) is 0. The summed E-state index contributed by atoms with van der Waals surface area (Å²) >= 11 is 0. The van der Waals surface area contributed by atoms with Gasteiger partial charge in [-0.1, -0.05) is 50.5 Å². The summed E-state index contributed by atoms with van der Waals surface area (Å²) in [5, 5.41) is 0. The van der Waals surface area contributed by atoms with E-state index in [9.17, 15) is 13.2 Å². The van der Waals surface area contributed by atoms with Crippen LogP contribution in [-0.2, 0) is 12.8 Å². The predicted octanol–water partition coefficient (Wildman–Crippen LogP) is 7.46. The maximum atomic E-state index is 14.8. The quantitative estimate of drug-likeness (QED) is 0.304. The van der Waals surface area contributed by atoms with Crippen molar-refractivity contribution in [2.45, 2.75) is 45.4 Å². The molecule has 3 aromatic carbocycles. The molecule has 0 amide bonds. The third kappa shape index (κ3) is 3.58. The van der Waals surface area contributed by atoms with Crippen molar-refractivity contribution in [3.8, 4) is 22.3 Å². The summed E-state index contributed by atoms with van der Waals surface area (Å²) in [6.07, 6.45) is 6.74. The molecule has 0 aliphatic heterocycles. The number of benzene rings is 3. The molecule has 0 nitrogen and oxygen atoms in total. The summed E-state index contributed by atoms with van der Waals surface area (Å²) in [6.45, 7) is 2.21. The molecule has 3 aromatic rings. The first kappa shape index (κ1) is 18.8. The van der Waals surface area contributed by atoms with Crippen LogP contribution in [0.1, 0.15) is 49.3 Å². The van der Waals surface area contributed by atoms with Crippen LogP contribution in [0.15, 0.2) is 48.5 Å². The second-order valence-electron chi connectivity index (χ2n) is 7.60. The highest BCUT2D eigenvalue weighted by molar-refractivity contribution is 5.80. The Hall–Kier alpha value is -2.55. The smallest absolute Gasteiger partial charge is 0.159 e. The van der Waals surface area contributed by atoms with Gasteiger partial charge in [0.05, 0.1) is 0 Å². The van der Waals surface area contributed by atoms with Gasteiger partial charge in [0.2, 0.25) is 0 Å². The molecule has 0 saturated heterocycles. The van der Waals surface area contributed by atoms with E-state index in [4.69, 9.17) is 0 Å². The van der Waals surface area contributed by atoms with Gasteiger partial charge in [-0.05, 0) is 76.9 Å². The highest BCUT2D eigenvalue weighted by Crippen LogP contribution is 2.40. The van der Waals surface area contributed by atoms with Crippen molar-refractivity contribution in [2.24, 2.45) is 0 Å². The van der Waals surface area contributed by atoms with Gasteiger partial charge in [-0.25, -0.2) is 13.2 Å². The van der Waals surface area contributed by atoms with Crippen LogP contribution in [0, 0.1) is 17.5 Å². The predicted molar refractivity (Wildman–Crippen MR) is 108 cm³/mol. The van der Waals surface area contributed by atoms with Crippen molar-refractivity contribution in [1.29, 1.82) is 0 Å². The van der Waals surface area contributed by atoms with Crippen LogP contribution >= 0.6 is 0 Å². The number of hydrogen-bond donors (Lipinski definition) is 0. The Bertz CT molecular complexity index is 1020. The lowest BCUT2D eigenvalue weighted by Gasteiger charge is -2.08. The van der Waals surface area contributed by atoms with Crippen LogP contribution in [0.3, 0.4) is 0 Å². The van der Waals surface area contributed by atoms with Crippen molar-refractivity contribution in [3.63, 3.8) is 0 Å². The van der Waals surface area contributed by atoms with Crippen molar-refractivity contribution in [1.82, 2.24) is 0 Å². The molecule has 0 radical (unpaired) electrons. The average molecular weight is 380 g/mol. The van der Waals surface area contributed by atoms with Crippen molar-refractivity contribution in [3.05, 3.63) is 82.7 Å². The van der Waals surface area contributed by atoms with Gasteiger partial charge in [0.15, 0.2) is 11.6 Å². The highest BCUT2D eigenvalue weighted by atomic mass is 19.2. The van der Waals surface area contributed by atoms with Gasteiger partial charge in [0.25, 0.3) is 0 Å². The Kier molecular flexibility index (Phi) is 5.25. The normalized spacial score (nSPS) is 12.1. The summed E-state index contributed by atoms with van der Waals surface area (Å²) in [7, 11) is 0. The first-order valence-electron chi connectivity index (χ1n) is 9.97. The summed E-state index contributed by atoms with van der Waals surface area (Å²) < 4.78 is 41.6. The molecule has 0 fully saturated rings. The Morgan fingerprint density at radius 1 is 0.679 bits per heavy atom. The Labute approximate surface area is 164 Å². The number of unbranched alkanes of at least 4 members (excludes halogenated alkanes) is 3. The van der Waals surface area contributed by atoms with Gasteiger partial charge in [0.1, 0.15) is 5.82 Å². The van der Waals surface area contributed by atoms with E-state index < -0.39 is 17.5 Å². The van der Waals surface area contributed by atoms with Gasteiger partial charge >= 0.3 is 0 Å². The van der Waals surface area contributed by atoms with E-state index in [0.29, 0.717) is 11.1 Å². The fourth-order valence-electron chi connectivity index (χ4n) is 4.07. The molecular formula is C25H23F3. The van der Waals surface area contributed by atoms with E-state index in [0.717, 1.165) is 41.7 Å². The molecule has 0 saturated carbocycles. The third-order valence-electron chi connectivity index (χ3n) is 5.58. The fourth-order valence-corrected chi connectivity index (χ4v) is 4.07. The molecule has 144 valence electrons. The topological polar surface area (TPSA) is 0 Å². The van der Waals surface area contributed by atoms with Gasteiger partial charge < -0.3 is 0 Å². The Balaban J connectivity index is 1.62. The van der Waals surface area contributed by atoms with Crippen LogP contribution in [-0.4, -0.2) is 0 Å². The maximum Gasteiger partial charge on any atom is 0.159 e. The molecule has 0 N–H and O–H groups in total. The average Bonchev–Trinajstić information content (AvgIpc) is 3.03. The molecule has 0 aromatic heterocycles. The minimum atomic E-state index is -0.964. The standard InChI is InChI=1S/C25H23F3/c1-2-3-4-5-6-16-7-9-20-18(11-16)12-19-13-22(24(27)15-21(19)20)17-8-10-23(26)25(28)14-17/h7-11,13-15H,2-6,12H2,1H3. The fraction of sp³-hybridized carbons (Fsp3) is 0.280. The van der Waals surface area contributed by atoms with Crippen LogP contribution in [0.2, 0.25) is 0 Å². The number of rotatable bonds is 6. The molecule has 0 atom stereocenters. The number of aryl methyl sites for hydroxylation is 1. The van der Waals surface area contributed by atoms with Crippen molar-refractivity contribution >= 4 is 0 Å². The lowest BCUT2D eigenvalue weighted by atomic mass is 9.98. The number of hydrogen-bond acceptors (Lipinski definition) is 0. The summed E-state index contributed by atoms with van der Waals surface area (Å²) in [6, 6.07) is 13.3. The molecular weight excluding hydrogens is 357 g/mol. The van der Waals surface area contributed by atoms with Crippen LogP contribution in [0.5, 0.6) is 0 Å². The first-order chi connectivity index (χ1) is 13.6. The molecule has 28 heavy (non-hydrogen) atoms. The first-order valence-corrected chi connectivity index (χ1v) is 9.97. The number of halogens is 3. The van der Waals surface area contributed by atoms with E-state index in [1.54, 1.807) is 6.07 Å². The molecule has 4 rings (SSSR count). The van der Waals surface area contributed by atoms with E-state index in [2.05, 4.69) is 25.1 Å².